The molecule has 2 unspecified atom stereocenters. The minimum Gasteiger partial charge on any atom is -0.388 e. The number of halogens is 3. The van der Waals surface area contributed by atoms with Gasteiger partial charge in [0.05, 0.1) is 11.7 Å². The van der Waals surface area contributed by atoms with Gasteiger partial charge in [0.25, 0.3) is 0 Å². The van der Waals surface area contributed by atoms with E-state index in [-0.39, 0.29) is 12.1 Å². The zero-order valence-electron chi connectivity index (χ0n) is 10.6. The average molecular weight is 342 g/mol. The Hall–Kier alpha value is -1.30. The first-order chi connectivity index (χ1) is 9.54. The van der Waals surface area contributed by atoms with Crippen molar-refractivity contribution in [3.8, 4) is 0 Å². The van der Waals surface area contributed by atoms with Crippen LogP contribution in [0.2, 0.25) is 0 Å². The number of hydrogen-bond donors (Lipinski definition) is 2. The van der Waals surface area contributed by atoms with Crippen molar-refractivity contribution in [3.63, 3.8) is 0 Å². The van der Waals surface area contributed by atoms with Crippen LogP contribution in [-0.2, 0) is 0 Å². The molecule has 0 aliphatic heterocycles. The van der Waals surface area contributed by atoms with E-state index < -0.39 is 23.7 Å². The van der Waals surface area contributed by atoms with E-state index in [1.807, 2.05) is 0 Å². The number of hydrogen-bond acceptors (Lipinski definition) is 2. The molecule has 0 aliphatic rings. The SMILES string of the molecule is NCC(c1ccc(Br)cc1)C(O)c1c(F)cccc1F. The highest BCUT2D eigenvalue weighted by Gasteiger charge is 2.26. The second kappa shape index (κ2) is 6.43. The topological polar surface area (TPSA) is 46.2 Å². The number of nitrogens with two attached hydrogens (primary N) is 1. The fourth-order valence-electron chi connectivity index (χ4n) is 2.15. The molecular weight excluding hydrogens is 328 g/mol. The molecule has 2 aromatic rings. The molecule has 5 heteroatoms. The van der Waals surface area contributed by atoms with Gasteiger partial charge in [-0.05, 0) is 29.8 Å². The summed E-state index contributed by atoms with van der Waals surface area (Å²) in [5.41, 5.74) is 6.05. The lowest BCUT2D eigenvalue weighted by Crippen LogP contribution is -2.21. The fourth-order valence-corrected chi connectivity index (χ4v) is 2.42. The van der Waals surface area contributed by atoms with Crippen molar-refractivity contribution in [3.05, 3.63) is 69.7 Å². The van der Waals surface area contributed by atoms with E-state index in [4.69, 9.17) is 5.73 Å². The van der Waals surface area contributed by atoms with Gasteiger partial charge in [-0.1, -0.05) is 34.1 Å². The molecule has 0 radical (unpaired) electrons. The molecular formula is C15H14BrF2NO. The summed E-state index contributed by atoms with van der Waals surface area (Å²) in [4.78, 5) is 0. The van der Waals surface area contributed by atoms with Crippen LogP contribution >= 0.6 is 15.9 Å². The molecule has 106 valence electrons. The van der Waals surface area contributed by atoms with Crippen molar-refractivity contribution in [2.75, 3.05) is 6.54 Å². The highest BCUT2D eigenvalue weighted by Crippen LogP contribution is 2.33. The molecule has 2 aromatic carbocycles. The van der Waals surface area contributed by atoms with Gasteiger partial charge in [0.15, 0.2) is 0 Å². The predicted molar refractivity (Wildman–Crippen MR) is 77.3 cm³/mol. The van der Waals surface area contributed by atoms with E-state index in [1.54, 1.807) is 24.3 Å². The summed E-state index contributed by atoms with van der Waals surface area (Å²) < 4.78 is 28.3. The van der Waals surface area contributed by atoms with Crippen LogP contribution in [0.4, 0.5) is 8.78 Å². The Balaban J connectivity index is 2.39. The maximum Gasteiger partial charge on any atom is 0.131 e. The summed E-state index contributed by atoms with van der Waals surface area (Å²) in [5.74, 6) is -2.12. The van der Waals surface area contributed by atoms with Crippen molar-refractivity contribution < 1.29 is 13.9 Å². The third kappa shape index (κ3) is 3.06. The van der Waals surface area contributed by atoms with Crippen LogP contribution in [0.15, 0.2) is 46.9 Å². The minimum absolute atomic E-state index is 0.0799. The quantitative estimate of drug-likeness (QED) is 0.893. The molecule has 0 saturated heterocycles. The van der Waals surface area contributed by atoms with E-state index in [0.29, 0.717) is 0 Å². The van der Waals surface area contributed by atoms with E-state index >= 15 is 0 Å². The smallest absolute Gasteiger partial charge is 0.131 e. The normalized spacial score (nSPS) is 14.1. The minimum atomic E-state index is -1.33. The number of aliphatic hydroxyl groups is 1. The van der Waals surface area contributed by atoms with Crippen LogP contribution in [-0.4, -0.2) is 11.7 Å². The monoisotopic (exact) mass is 341 g/mol. The molecule has 0 saturated carbocycles. The van der Waals surface area contributed by atoms with Gasteiger partial charge in [-0.3, -0.25) is 0 Å². The molecule has 2 nitrogen and oxygen atoms in total. The van der Waals surface area contributed by atoms with Crippen molar-refractivity contribution >= 4 is 15.9 Å². The Kier molecular flexibility index (Phi) is 4.86. The number of rotatable bonds is 4. The Labute approximate surface area is 124 Å². The third-order valence-corrected chi connectivity index (χ3v) is 3.76. The van der Waals surface area contributed by atoms with Gasteiger partial charge in [0.2, 0.25) is 0 Å². The molecule has 3 N–H and O–H groups in total. The Morgan fingerprint density at radius 2 is 1.60 bits per heavy atom. The lowest BCUT2D eigenvalue weighted by Gasteiger charge is -2.23. The van der Waals surface area contributed by atoms with Crippen LogP contribution < -0.4 is 5.73 Å². The largest absolute Gasteiger partial charge is 0.388 e. The predicted octanol–water partition coefficient (Wildman–Crippen LogP) is 3.50. The summed E-state index contributed by atoms with van der Waals surface area (Å²) in [6, 6.07) is 10.6. The summed E-state index contributed by atoms with van der Waals surface area (Å²) in [5, 5.41) is 10.3. The third-order valence-electron chi connectivity index (χ3n) is 3.23. The maximum absolute atomic E-state index is 13.7. The second-order valence-corrected chi connectivity index (χ2v) is 5.39. The summed E-state index contributed by atoms with van der Waals surface area (Å²) in [6.07, 6.45) is -1.33. The Morgan fingerprint density at radius 3 is 2.10 bits per heavy atom. The fraction of sp³-hybridized carbons (Fsp3) is 0.200. The van der Waals surface area contributed by atoms with Crippen molar-refractivity contribution in [2.45, 2.75) is 12.0 Å². The zero-order valence-corrected chi connectivity index (χ0v) is 12.1. The van der Waals surface area contributed by atoms with Gasteiger partial charge >= 0.3 is 0 Å². The van der Waals surface area contributed by atoms with Gasteiger partial charge in [0, 0.05) is 16.9 Å². The summed E-state index contributed by atoms with van der Waals surface area (Å²) in [6.45, 7) is 0.0799. The van der Waals surface area contributed by atoms with E-state index in [0.717, 1.165) is 22.2 Å². The number of benzene rings is 2. The first-order valence-electron chi connectivity index (χ1n) is 6.12. The summed E-state index contributed by atoms with van der Waals surface area (Å²) in [7, 11) is 0. The molecule has 0 fully saturated rings. The maximum atomic E-state index is 13.7. The van der Waals surface area contributed by atoms with Gasteiger partial charge in [0.1, 0.15) is 11.6 Å². The van der Waals surface area contributed by atoms with Crippen LogP contribution in [0.25, 0.3) is 0 Å². The molecule has 0 aromatic heterocycles. The first-order valence-corrected chi connectivity index (χ1v) is 6.91. The molecule has 0 amide bonds. The van der Waals surface area contributed by atoms with Crippen molar-refractivity contribution in [1.29, 1.82) is 0 Å². The first kappa shape index (κ1) is 15.1. The van der Waals surface area contributed by atoms with Crippen LogP contribution in [0.1, 0.15) is 23.1 Å². The second-order valence-electron chi connectivity index (χ2n) is 4.47. The molecule has 2 atom stereocenters. The molecule has 0 bridgehead atoms. The lowest BCUT2D eigenvalue weighted by molar-refractivity contribution is 0.138. The van der Waals surface area contributed by atoms with Crippen molar-refractivity contribution in [1.82, 2.24) is 0 Å². The highest BCUT2D eigenvalue weighted by atomic mass is 79.9. The molecule has 20 heavy (non-hydrogen) atoms. The van der Waals surface area contributed by atoms with Gasteiger partial charge < -0.3 is 10.8 Å². The standard InChI is InChI=1S/C15H14BrF2NO/c16-10-6-4-9(5-7-10)11(8-19)15(20)14-12(17)2-1-3-13(14)18/h1-7,11,15,20H,8,19H2. The molecule has 0 spiro atoms. The van der Waals surface area contributed by atoms with Gasteiger partial charge in [-0.2, -0.15) is 0 Å². The summed E-state index contributed by atoms with van der Waals surface area (Å²) >= 11 is 3.31. The lowest BCUT2D eigenvalue weighted by atomic mass is 9.89. The van der Waals surface area contributed by atoms with Crippen molar-refractivity contribution in [2.24, 2.45) is 5.73 Å². The highest BCUT2D eigenvalue weighted by molar-refractivity contribution is 9.10. The zero-order chi connectivity index (χ0) is 14.7. The van der Waals surface area contributed by atoms with E-state index in [1.165, 1.54) is 6.07 Å². The number of aliphatic hydroxyl groups excluding tert-OH is 1. The molecule has 2 rings (SSSR count). The average Bonchev–Trinajstić information content (AvgIpc) is 2.41. The van der Waals surface area contributed by atoms with Crippen LogP contribution in [0.3, 0.4) is 0 Å². The Bertz CT molecular complexity index is 569. The van der Waals surface area contributed by atoms with Gasteiger partial charge in [-0.15, -0.1) is 0 Å². The van der Waals surface area contributed by atoms with E-state index in [9.17, 15) is 13.9 Å². The van der Waals surface area contributed by atoms with Gasteiger partial charge in [-0.25, -0.2) is 8.78 Å². The molecule has 0 aliphatic carbocycles. The van der Waals surface area contributed by atoms with Crippen LogP contribution in [0, 0.1) is 11.6 Å². The Morgan fingerprint density at radius 1 is 1.05 bits per heavy atom. The van der Waals surface area contributed by atoms with E-state index in [2.05, 4.69) is 15.9 Å². The molecule has 0 heterocycles. The van der Waals surface area contributed by atoms with Crippen LogP contribution in [0.5, 0.6) is 0 Å².